The standard InChI is InChI=1S/C17H20N4/c1-13-11-15-5-3-4-6-16(15)19-17(13)21-9-7-20(8-10-21)14(2)12-18/h3-6,11,14H,7-10H2,1-2H3. The molecule has 4 heteroatoms. The van der Waals surface area contributed by atoms with Gasteiger partial charge in [0.05, 0.1) is 17.6 Å². The van der Waals surface area contributed by atoms with E-state index in [1.807, 2.05) is 19.1 Å². The van der Waals surface area contributed by atoms with Crippen molar-refractivity contribution in [2.24, 2.45) is 0 Å². The van der Waals surface area contributed by atoms with E-state index in [-0.39, 0.29) is 6.04 Å². The largest absolute Gasteiger partial charge is 0.354 e. The molecule has 0 spiro atoms. The third-order valence-corrected chi connectivity index (χ3v) is 4.24. The van der Waals surface area contributed by atoms with Gasteiger partial charge < -0.3 is 4.90 Å². The second kappa shape index (κ2) is 5.71. The van der Waals surface area contributed by atoms with Gasteiger partial charge in [0.1, 0.15) is 5.82 Å². The molecular weight excluding hydrogens is 260 g/mol. The number of para-hydroxylation sites is 1. The monoisotopic (exact) mass is 280 g/mol. The van der Waals surface area contributed by atoms with Gasteiger partial charge in [-0.3, -0.25) is 4.90 Å². The van der Waals surface area contributed by atoms with Crippen molar-refractivity contribution in [3.8, 4) is 6.07 Å². The molecule has 21 heavy (non-hydrogen) atoms. The van der Waals surface area contributed by atoms with E-state index < -0.39 is 0 Å². The van der Waals surface area contributed by atoms with Gasteiger partial charge >= 0.3 is 0 Å². The molecule has 4 nitrogen and oxygen atoms in total. The first-order valence-electron chi connectivity index (χ1n) is 7.44. The van der Waals surface area contributed by atoms with Gasteiger partial charge in [0.25, 0.3) is 0 Å². The topological polar surface area (TPSA) is 43.2 Å². The Morgan fingerprint density at radius 1 is 1.19 bits per heavy atom. The molecule has 1 aromatic heterocycles. The van der Waals surface area contributed by atoms with Crippen LogP contribution in [0.1, 0.15) is 12.5 Å². The fraction of sp³-hybridized carbons (Fsp3) is 0.412. The SMILES string of the molecule is Cc1cc2ccccc2nc1N1CCN(C(C)C#N)CC1. The first-order valence-corrected chi connectivity index (χ1v) is 7.44. The van der Waals surface area contributed by atoms with Gasteiger partial charge in [-0.1, -0.05) is 18.2 Å². The molecule has 0 bridgehead atoms. The number of aromatic nitrogens is 1. The van der Waals surface area contributed by atoms with Gasteiger partial charge in [0.15, 0.2) is 0 Å². The maximum atomic E-state index is 9.01. The van der Waals surface area contributed by atoms with Crippen molar-refractivity contribution < 1.29 is 0 Å². The van der Waals surface area contributed by atoms with Crippen molar-refractivity contribution in [3.05, 3.63) is 35.9 Å². The van der Waals surface area contributed by atoms with Gasteiger partial charge in [-0.15, -0.1) is 0 Å². The molecule has 1 aliphatic heterocycles. The molecule has 3 rings (SSSR count). The van der Waals surface area contributed by atoms with Crippen LogP contribution in [0, 0.1) is 18.3 Å². The van der Waals surface area contributed by atoms with Crippen molar-refractivity contribution in [3.63, 3.8) is 0 Å². The Labute approximate surface area is 125 Å². The van der Waals surface area contributed by atoms with Crippen LogP contribution in [-0.4, -0.2) is 42.1 Å². The number of pyridine rings is 1. The highest BCUT2D eigenvalue weighted by molar-refractivity contribution is 5.81. The van der Waals surface area contributed by atoms with Crippen LogP contribution in [0.4, 0.5) is 5.82 Å². The lowest BCUT2D eigenvalue weighted by Crippen LogP contribution is -2.49. The third kappa shape index (κ3) is 2.70. The predicted octanol–water partition coefficient (Wildman–Crippen LogP) is 2.58. The van der Waals surface area contributed by atoms with E-state index in [9.17, 15) is 0 Å². The van der Waals surface area contributed by atoms with Crippen LogP contribution in [0.2, 0.25) is 0 Å². The normalized spacial score (nSPS) is 17.7. The molecule has 2 aromatic rings. The molecule has 2 heterocycles. The molecule has 1 fully saturated rings. The number of benzene rings is 1. The predicted molar refractivity (Wildman–Crippen MR) is 85.3 cm³/mol. The van der Waals surface area contributed by atoms with Crippen molar-refractivity contribution in [1.82, 2.24) is 9.88 Å². The third-order valence-electron chi connectivity index (χ3n) is 4.24. The fourth-order valence-corrected chi connectivity index (χ4v) is 2.93. The Morgan fingerprint density at radius 2 is 1.90 bits per heavy atom. The summed E-state index contributed by atoms with van der Waals surface area (Å²) in [5.41, 5.74) is 2.27. The summed E-state index contributed by atoms with van der Waals surface area (Å²) in [5.74, 6) is 1.08. The van der Waals surface area contributed by atoms with Gasteiger partial charge in [-0.25, -0.2) is 4.98 Å². The van der Waals surface area contributed by atoms with Crippen molar-refractivity contribution in [2.75, 3.05) is 31.1 Å². The van der Waals surface area contributed by atoms with Crippen LogP contribution < -0.4 is 4.90 Å². The molecule has 1 saturated heterocycles. The molecule has 1 unspecified atom stereocenters. The Bertz CT molecular complexity index is 681. The summed E-state index contributed by atoms with van der Waals surface area (Å²) in [4.78, 5) is 9.40. The summed E-state index contributed by atoms with van der Waals surface area (Å²) in [5, 5.41) is 10.2. The second-order valence-corrected chi connectivity index (χ2v) is 5.65. The summed E-state index contributed by atoms with van der Waals surface area (Å²) in [6.07, 6.45) is 0. The lowest BCUT2D eigenvalue weighted by molar-refractivity contribution is 0.231. The van der Waals surface area contributed by atoms with E-state index in [1.54, 1.807) is 0 Å². The zero-order chi connectivity index (χ0) is 14.8. The average molecular weight is 280 g/mol. The summed E-state index contributed by atoms with van der Waals surface area (Å²) < 4.78 is 0. The number of piperazine rings is 1. The quantitative estimate of drug-likeness (QED) is 0.848. The molecule has 0 amide bonds. The number of fused-ring (bicyclic) bond motifs is 1. The van der Waals surface area contributed by atoms with Crippen molar-refractivity contribution in [2.45, 2.75) is 19.9 Å². The Kier molecular flexibility index (Phi) is 3.76. The fourth-order valence-electron chi connectivity index (χ4n) is 2.93. The van der Waals surface area contributed by atoms with E-state index in [0.717, 1.165) is 37.5 Å². The number of hydrogen-bond donors (Lipinski definition) is 0. The second-order valence-electron chi connectivity index (χ2n) is 5.65. The van der Waals surface area contributed by atoms with Crippen molar-refractivity contribution >= 4 is 16.7 Å². The molecule has 108 valence electrons. The van der Waals surface area contributed by atoms with Gasteiger partial charge in [0, 0.05) is 31.6 Å². The Morgan fingerprint density at radius 3 is 2.62 bits per heavy atom. The van der Waals surface area contributed by atoms with E-state index in [4.69, 9.17) is 10.2 Å². The zero-order valence-corrected chi connectivity index (χ0v) is 12.6. The van der Waals surface area contributed by atoms with E-state index in [2.05, 4.69) is 41.0 Å². The van der Waals surface area contributed by atoms with E-state index in [1.165, 1.54) is 10.9 Å². The minimum absolute atomic E-state index is 0.00203. The van der Waals surface area contributed by atoms with Crippen LogP contribution >= 0.6 is 0 Å². The van der Waals surface area contributed by atoms with E-state index >= 15 is 0 Å². The highest BCUT2D eigenvalue weighted by atomic mass is 15.3. The summed E-state index contributed by atoms with van der Waals surface area (Å²) in [6, 6.07) is 12.8. The van der Waals surface area contributed by atoms with Gasteiger partial charge in [-0.05, 0) is 31.5 Å². The summed E-state index contributed by atoms with van der Waals surface area (Å²) in [7, 11) is 0. The molecule has 0 saturated carbocycles. The molecule has 0 N–H and O–H groups in total. The minimum Gasteiger partial charge on any atom is -0.354 e. The van der Waals surface area contributed by atoms with Gasteiger partial charge in [-0.2, -0.15) is 5.26 Å². The molecule has 1 aliphatic rings. The number of rotatable bonds is 2. The lowest BCUT2D eigenvalue weighted by atomic mass is 10.1. The highest BCUT2D eigenvalue weighted by Crippen LogP contribution is 2.24. The van der Waals surface area contributed by atoms with Crippen molar-refractivity contribution in [1.29, 1.82) is 5.26 Å². The van der Waals surface area contributed by atoms with E-state index in [0.29, 0.717) is 0 Å². The Hall–Kier alpha value is -2.12. The smallest absolute Gasteiger partial charge is 0.132 e. The lowest BCUT2D eigenvalue weighted by Gasteiger charge is -2.37. The first kappa shape index (κ1) is 13.8. The summed E-state index contributed by atoms with van der Waals surface area (Å²) >= 11 is 0. The number of nitriles is 1. The minimum atomic E-state index is -0.00203. The van der Waals surface area contributed by atoms with Crippen LogP contribution in [-0.2, 0) is 0 Å². The number of hydrogen-bond acceptors (Lipinski definition) is 4. The first-order chi connectivity index (χ1) is 10.2. The molecule has 0 aliphatic carbocycles. The van der Waals surface area contributed by atoms with Crippen LogP contribution in [0.3, 0.4) is 0 Å². The molecular formula is C17H20N4. The molecule has 0 radical (unpaired) electrons. The average Bonchev–Trinajstić information content (AvgIpc) is 2.53. The van der Waals surface area contributed by atoms with Gasteiger partial charge in [0.2, 0.25) is 0 Å². The highest BCUT2D eigenvalue weighted by Gasteiger charge is 2.22. The molecule has 1 aromatic carbocycles. The van der Waals surface area contributed by atoms with Crippen LogP contribution in [0.15, 0.2) is 30.3 Å². The zero-order valence-electron chi connectivity index (χ0n) is 12.6. The van der Waals surface area contributed by atoms with Crippen LogP contribution in [0.25, 0.3) is 10.9 Å². The number of nitrogens with zero attached hydrogens (tertiary/aromatic N) is 4. The number of aryl methyl sites for hydroxylation is 1. The maximum absolute atomic E-state index is 9.01. The Balaban J connectivity index is 1.82. The molecule has 1 atom stereocenters. The number of anilines is 1. The maximum Gasteiger partial charge on any atom is 0.132 e. The van der Waals surface area contributed by atoms with Crippen LogP contribution in [0.5, 0.6) is 0 Å². The summed E-state index contributed by atoms with van der Waals surface area (Å²) in [6.45, 7) is 7.79.